The van der Waals surface area contributed by atoms with Crippen LogP contribution in [0.5, 0.6) is 0 Å². The van der Waals surface area contributed by atoms with Crippen molar-refractivity contribution in [2.24, 2.45) is 0 Å². The van der Waals surface area contributed by atoms with E-state index in [1.54, 1.807) is 0 Å². The van der Waals surface area contributed by atoms with Crippen LogP contribution in [0.3, 0.4) is 0 Å². The maximum Gasteiger partial charge on any atom is 0.0722 e. The quantitative estimate of drug-likeness (QED) is 0.256. The zero-order chi connectivity index (χ0) is 22.2. The first kappa shape index (κ1) is 23.4. The number of allylic oxidation sites excluding steroid dienone is 1. The van der Waals surface area contributed by atoms with E-state index in [0.717, 1.165) is 59.5 Å². The van der Waals surface area contributed by atoms with Gasteiger partial charge >= 0.3 is 0 Å². The van der Waals surface area contributed by atoms with Crippen molar-refractivity contribution >= 4 is 45.9 Å². The molecule has 0 saturated heterocycles. The van der Waals surface area contributed by atoms with Gasteiger partial charge in [-0.05, 0) is 90.9 Å². The van der Waals surface area contributed by atoms with E-state index in [4.69, 9.17) is 9.97 Å². The number of hydrogen-bond donors (Lipinski definition) is 2. The van der Waals surface area contributed by atoms with E-state index >= 15 is 0 Å². The normalized spacial score (nSPS) is 12.5. The van der Waals surface area contributed by atoms with Crippen molar-refractivity contribution < 1.29 is 21.1 Å². The molecule has 0 aromatic carbocycles. The Morgan fingerprint density at radius 1 is 0.667 bits per heavy atom. The van der Waals surface area contributed by atoms with Gasteiger partial charge in [0.15, 0.2) is 0 Å². The third kappa shape index (κ3) is 4.29. The standard InChI is InChI=1S/C28H30N4.Pt/c1-5-17-13-22-15-20-10-9-18(29-20)14-19-11-12-21(30-19)16-26-23(6-2)24(7-3)28(32-26)25(8-4)27(17)31-22;/h9-16,29,32H,5-8H2,1-4H3;. The molecule has 5 heteroatoms. The molecule has 33 heavy (non-hydrogen) atoms. The van der Waals surface area contributed by atoms with Gasteiger partial charge in [0.25, 0.3) is 0 Å². The summed E-state index contributed by atoms with van der Waals surface area (Å²) in [6, 6.07) is 10.6. The Bertz CT molecular complexity index is 1420. The Kier molecular flexibility index (Phi) is 6.85. The predicted octanol–water partition coefficient (Wildman–Crippen LogP) is 7.12. The largest absolute Gasteiger partial charge is 0.355 e. The molecular weight excluding hydrogens is 587 g/mol. The number of fused-ring (bicyclic) bond motifs is 8. The van der Waals surface area contributed by atoms with E-state index in [1.165, 1.54) is 33.3 Å². The number of nitrogens with one attached hydrogen (secondary N) is 2. The second-order valence-electron chi connectivity index (χ2n) is 8.42. The molecule has 0 radical (unpaired) electrons. The van der Waals surface area contributed by atoms with Crippen LogP contribution < -0.4 is 0 Å². The van der Waals surface area contributed by atoms with Gasteiger partial charge in [-0.1, -0.05) is 27.7 Å². The molecular formula is C28H30N4Pt. The Morgan fingerprint density at radius 3 is 1.94 bits per heavy atom. The van der Waals surface area contributed by atoms with Crippen molar-refractivity contribution in [1.82, 2.24) is 19.9 Å². The number of H-pyrrole nitrogens is 2. The van der Waals surface area contributed by atoms with Crippen molar-refractivity contribution in [2.75, 3.05) is 0 Å². The van der Waals surface area contributed by atoms with Gasteiger partial charge in [0, 0.05) is 48.7 Å². The average molecular weight is 618 g/mol. The van der Waals surface area contributed by atoms with E-state index in [-0.39, 0.29) is 21.1 Å². The van der Waals surface area contributed by atoms with E-state index in [2.05, 4.69) is 86.2 Å². The zero-order valence-corrected chi connectivity index (χ0v) is 21.9. The Balaban J connectivity index is 0.00000259. The third-order valence-corrected chi connectivity index (χ3v) is 6.46. The summed E-state index contributed by atoms with van der Waals surface area (Å²) in [6.07, 6.45) is 10.3. The minimum atomic E-state index is 0. The van der Waals surface area contributed by atoms with Crippen molar-refractivity contribution in [3.8, 4) is 0 Å². The van der Waals surface area contributed by atoms with Crippen LogP contribution in [0, 0.1) is 0 Å². The summed E-state index contributed by atoms with van der Waals surface area (Å²) in [7, 11) is 0. The molecule has 0 saturated carbocycles. The van der Waals surface area contributed by atoms with E-state index < -0.39 is 0 Å². The molecule has 0 spiro atoms. The van der Waals surface area contributed by atoms with Gasteiger partial charge in [-0.25, -0.2) is 9.97 Å². The fraction of sp³-hybridized carbons (Fsp3) is 0.286. The fourth-order valence-corrected chi connectivity index (χ4v) is 4.94. The van der Waals surface area contributed by atoms with Crippen LogP contribution in [0.1, 0.15) is 73.6 Å². The van der Waals surface area contributed by atoms with Crippen LogP contribution in [-0.4, -0.2) is 19.9 Å². The minimum Gasteiger partial charge on any atom is -0.355 e. The van der Waals surface area contributed by atoms with Crippen LogP contribution in [0.4, 0.5) is 0 Å². The molecule has 172 valence electrons. The Labute approximate surface area is 209 Å². The molecule has 0 fully saturated rings. The number of aryl methyl sites for hydroxylation is 3. The number of aromatic nitrogens is 4. The number of aromatic amines is 2. The van der Waals surface area contributed by atoms with Gasteiger partial charge in [0.2, 0.25) is 0 Å². The molecule has 4 nitrogen and oxygen atoms in total. The fourth-order valence-electron chi connectivity index (χ4n) is 4.94. The smallest absolute Gasteiger partial charge is 0.0722 e. The molecule has 3 aromatic heterocycles. The molecule has 2 N–H and O–H groups in total. The van der Waals surface area contributed by atoms with Crippen molar-refractivity contribution in [3.63, 3.8) is 0 Å². The molecule has 2 aliphatic heterocycles. The molecule has 0 unspecified atom stereocenters. The summed E-state index contributed by atoms with van der Waals surface area (Å²) >= 11 is 0. The summed E-state index contributed by atoms with van der Waals surface area (Å²) in [4.78, 5) is 17.2. The summed E-state index contributed by atoms with van der Waals surface area (Å²) in [5.41, 5.74) is 14.0. The van der Waals surface area contributed by atoms with Crippen molar-refractivity contribution in [1.29, 1.82) is 0 Å². The summed E-state index contributed by atoms with van der Waals surface area (Å²) in [5.74, 6) is 0. The summed E-state index contributed by atoms with van der Waals surface area (Å²) in [6.45, 7) is 8.94. The number of rotatable bonds is 4. The Hall–Kier alpha value is -2.71. The van der Waals surface area contributed by atoms with E-state index in [0.29, 0.717) is 0 Å². The molecule has 0 aliphatic carbocycles. The topological polar surface area (TPSA) is 57.4 Å². The van der Waals surface area contributed by atoms with Gasteiger partial charge in [-0.2, -0.15) is 0 Å². The van der Waals surface area contributed by atoms with Gasteiger partial charge in [0.05, 0.1) is 22.8 Å². The first-order chi connectivity index (χ1) is 15.6. The minimum absolute atomic E-state index is 0. The average Bonchev–Trinajstić information content (AvgIpc) is 3.56. The molecule has 0 atom stereocenters. The maximum absolute atomic E-state index is 5.11. The molecule has 0 amide bonds. The molecule has 3 aromatic rings. The second-order valence-corrected chi connectivity index (χ2v) is 8.42. The van der Waals surface area contributed by atoms with Crippen molar-refractivity contribution in [2.45, 2.75) is 53.4 Å². The van der Waals surface area contributed by atoms with Crippen LogP contribution in [-0.2, 0) is 40.3 Å². The van der Waals surface area contributed by atoms with E-state index in [1.807, 2.05) is 0 Å². The summed E-state index contributed by atoms with van der Waals surface area (Å²) < 4.78 is 0. The maximum atomic E-state index is 5.11. The van der Waals surface area contributed by atoms with Crippen LogP contribution >= 0.6 is 0 Å². The number of nitrogens with zero attached hydrogens (tertiary/aromatic N) is 2. The van der Waals surface area contributed by atoms with Gasteiger partial charge in [-0.15, -0.1) is 0 Å². The zero-order valence-electron chi connectivity index (χ0n) is 19.7. The van der Waals surface area contributed by atoms with Crippen LogP contribution in [0.25, 0.3) is 45.9 Å². The molecule has 5 heterocycles. The van der Waals surface area contributed by atoms with Gasteiger partial charge in [0.1, 0.15) is 0 Å². The second kappa shape index (κ2) is 9.65. The van der Waals surface area contributed by atoms with Gasteiger partial charge < -0.3 is 9.97 Å². The third-order valence-electron chi connectivity index (χ3n) is 6.46. The van der Waals surface area contributed by atoms with Crippen LogP contribution in [0.15, 0.2) is 30.3 Å². The van der Waals surface area contributed by atoms with Crippen molar-refractivity contribution in [3.05, 3.63) is 69.8 Å². The van der Waals surface area contributed by atoms with E-state index in [9.17, 15) is 0 Å². The number of hydrogen-bond acceptors (Lipinski definition) is 2. The van der Waals surface area contributed by atoms with Crippen LogP contribution in [0.2, 0.25) is 0 Å². The monoisotopic (exact) mass is 617 g/mol. The SMILES string of the molecule is CCC1=Cc2cc3ccc(cc4nc(cc5[nH]c(c(CC)c1n2)c(CC)c5CC)C=C4)[nH]3.[Pt]. The molecule has 8 bridgehead atoms. The predicted molar refractivity (Wildman–Crippen MR) is 136 cm³/mol. The first-order valence-electron chi connectivity index (χ1n) is 11.8. The van der Waals surface area contributed by atoms with Gasteiger partial charge in [-0.3, -0.25) is 0 Å². The first-order valence-corrected chi connectivity index (χ1v) is 11.8. The molecule has 2 aliphatic rings. The summed E-state index contributed by atoms with van der Waals surface area (Å²) in [5, 5.41) is 0. The Morgan fingerprint density at radius 2 is 1.30 bits per heavy atom. The molecule has 5 rings (SSSR count).